The highest BCUT2D eigenvalue weighted by Crippen LogP contribution is 2.00. The lowest BCUT2D eigenvalue weighted by Gasteiger charge is -2.09. The summed E-state index contributed by atoms with van der Waals surface area (Å²) in [5.74, 6) is 0.992. The SMILES string of the molecule is CCC[NH+]1CCC(C)C1. The summed E-state index contributed by atoms with van der Waals surface area (Å²) in [5, 5.41) is 0. The number of hydrogen-bond acceptors (Lipinski definition) is 0. The van der Waals surface area contributed by atoms with Gasteiger partial charge in [-0.3, -0.25) is 0 Å². The molecule has 1 aliphatic rings. The highest BCUT2D eigenvalue weighted by atomic mass is 15.1. The summed E-state index contributed by atoms with van der Waals surface area (Å²) in [6, 6.07) is 0. The molecule has 1 saturated heterocycles. The Bertz CT molecular complexity index is 78.6. The van der Waals surface area contributed by atoms with Gasteiger partial charge in [-0.15, -0.1) is 0 Å². The summed E-state index contributed by atoms with van der Waals surface area (Å²) in [6.45, 7) is 8.88. The quantitative estimate of drug-likeness (QED) is 0.546. The maximum absolute atomic E-state index is 2.36. The monoisotopic (exact) mass is 128 g/mol. The second-order valence-electron chi connectivity index (χ2n) is 3.35. The summed E-state index contributed by atoms with van der Waals surface area (Å²) in [6.07, 6.45) is 2.80. The molecule has 1 heteroatoms. The van der Waals surface area contributed by atoms with E-state index in [2.05, 4.69) is 13.8 Å². The first kappa shape index (κ1) is 7.07. The summed E-state index contributed by atoms with van der Waals surface area (Å²) in [4.78, 5) is 1.82. The van der Waals surface area contributed by atoms with Crippen molar-refractivity contribution in [2.24, 2.45) is 5.92 Å². The molecule has 0 saturated carbocycles. The lowest BCUT2D eigenvalue weighted by Crippen LogP contribution is -3.10. The molecule has 2 unspecified atom stereocenters. The van der Waals surface area contributed by atoms with Crippen molar-refractivity contribution in [3.05, 3.63) is 0 Å². The van der Waals surface area contributed by atoms with Crippen molar-refractivity contribution < 1.29 is 4.90 Å². The molecule has 0 aromatic rings. The Hall–Kier alpha value is -0.0400. The van der Waals surface area contributed by atoms with E-state index in [1.807, 2.05) is 4.90 Å². The van der Waals surface area contributed by atoms with E-state index in [4.69, 9.17) is 0 Å². The number of hydrogen-bond donors (Lipinski definition) is 1. The highest BCUT2D eigenvalue weighted by molar-refractivity contribution is 4.54. The maximum atomic E-state index is 2.36. The number of rotatable bonds is 2. The van der Waals surface area contributed by atoms with Gasteiger partial charge in [0.1, 0.15) is 0 Å². The molecule has 1 fully saturated rings. The fourth-order valence-corrected chi connectivity index (χ4v) is 1.73. The Morgan fingerprint density at radius 1 is 1.56 bits per heavy atom. The zero-order chi connectivity index (χ0) is 6.69. The van der Waals surface area contributed by atoms with E-state index in [1.165, 1.54) is 32.5 Å². The van der Waals surface area contributed by atoms with Gasteiger partial charge in [0.25, 0.3) is 0 Å². The molecule has 1 heterocycles. The van der Waals surface area contributed by atoms with E-state index in [1.54, 1.807) is 0 Å². The third-order valence-electron chi connectivity index (χ3n) is 2.23. The molecule has 1 aliphatic heterocycles. The predicted molar refractivity (Wildman–Crippen MR) is 39.6 cm³/mol. The minimum Gasteiger partial charge on any atom is -0.335 e. The fraction of sp³-hybridized carbons (Fsp3) is 1.00. The number of likely N-dealkylation sites (tertiary alicyclic amines) is 1. The second-order valence-corrected chi connectivity index (χ2v) is 3.35. The zero-order valence-electron chi connectivity index (χ0n) is 6.61. The van der Waals surface area contributed by atoms with Crippen LogP contribution in [0.2, 0.25) is 0 Å². The molecule has 1 rings (SSSR count). The first-order chi connectivity index (χ1) is 4.33. The lowest BCUT2D eigenvalue weighted by molar-refractivity contribution is -0.888. The molecule has 0 amide bonds. The van der Waals surface area contributed by atoms with Crippen LogP contribution >= 0.6 is 0 Å². The van der Waals surface area contributed by atoms with Gasteiger partial charge in [-0.05, 0) is 6.42 Å². The average molecular weight is 128 g/mol. The van der Waals surface area contributed by atoms with Crippen LogP contribution in [0.3, 0.4) is 0 Å². The standard InChI is InChI=1S/C8H17N/c1-3-5-9-6-4-8(2)7-9/h8H,3-7H2,1-2H3/p+1. The van der Waals surface area contributed by atoms with E-state index in [9.17, 15) is 0 Å². The van der Waals surface area contributed by atoms with Crippen LogP contribution in [0.4, 0.5) is 0 Å². The average Bonchev–Trinajstić information content (AvgIpc) is 2.17. The van der Waals surface area contributed by atoms with Gasteiger partial charge >= 0.3 is 0 Å². The largest absolute Gasteiger partial charge is 0.335 e. The zero-order valence-corrected chi connectivity index (χ0v) is 6.61. The molecule has 0 bridgehead atoms. The van der Waals surface area contributed by atoms with Crippen molar-refractivity contribution in [2.75, 3.05) is 19.6 Å². The first-order valence-electron chi connectivity index (χ1n) is 4.16. The summed E-state index contributed by atoms with van der Waals surface area (Å²) in [5.41, 5.74) is 0. The summed E-state index contributed by atoms with van der Waals surface area (Å²) >= 11 is 0. The molecule has 9 heavy (non-hydrogen) atoms. The molecule has 1 N–H and O–H groups in total. The minimum absolute atomic E-state index is 0.992. The van der Waals surface area contributed by atoms with E-state index in [0.29, 0.717) is 0 Å². The van der Waals surface area contributed by atoms with Crippen LogP contribution in [0, 0.1) is 5.92 Å². The van der Waals surface area contributed by atoms with Crippen LogP contribution in [0.1, 0.15) is 26.7 Å². The van der Waals surface area contributed by atoms with Crippen LogP contribution in [-0.2, 0) is 0 Å². The normalized spacial score (nSPS) is 35.3. The Balaban J connectivity index is 2.14. The van der Waals surface area contributed by atoms with Gasteiger partial charge in [-0.2, -0.15) is 0 Å². The van der Waals surface area contributed by atoms with Gasteiger partial charge in [-0.25, -0.2) is 0 Å². The van der Waals surface area contributed by atoms with Gasteiger partial charge in [0.05, 0.1) is 19.6 Å². The third-order valence-corrected chi connectivity index (χ3v) is 2.23. The summed E-state index contributed by atoms with van der Waals surface area (Å²) < 4.78 is 0. The van der Waals surface area contributed by atoms with E-state index in [-0.39, 0.29) is 0 Å². The maximum Gasteiger partial charge on any atom is 0.0799 e. The highest BCUT2D eigenvalue weighted by Gasteiger charge is 2.20. The second kappa shape index (κ2) is 3.21. The molecule has 0 aromatic carbocycles. The van der Waals surface area contributed by atoms with E-state index < -0.39 is 0 Å². The molecular weight excluding hydrogens is 110 g/mol. The van der Waals surface area contributed by atoms with E-state index in [0.717, 1.165) is 5.92 Å². The van der Waals surface area contributed by atoms with Gasteiger partial charge < -0.3 is 4.90 Å². The topological polar surface area (TPSA) is 4.44 Å². The van der Waals surface area contributed by atoms with E-state index >= 15 is 0 Å². The van der Waals surface area contributed by atoms with Crippen molar-refractivity contribution in [1.82, 2.24) is 0 Å². The smallest absolute Gasteiger partial charge is 0.0799 e. The Labute approximate surface area is 58.0 Å². The van der Waals surface area contributed by atoms with Crippen LogP contribution in [0.25, 0.3) is 0 Å². The molecule has 0 aliphatic carbocycles. The van der Waals surface area contributed by atoms with Crippen molar-refractivity contribution >= 4 is 0 Å². The third kappa shape index (κ3) is 1.98. The van der Waals surface area contributed by atoms with Crippen LogP contribution < -0.4 is 4.90 Å². The van der Waals surface area contributed by atoms with Gasteiger partial charge in [0, 0.05) is 12.3 Å². The van der Waals surface area contributed by atoms with Crippen molar-refractivity contribution in [3.63, 3.8) is 0 Å². The molecule has 0 radical (unpaired) electrons. The minimum atomic E-state index is 0.992. The van der Waals surface area contributed by atoms with Crippen LogP contribution in [0.5, 0.6) is 0 Å². The molecule has 54 valence electrons. The lowest BCUT2D eigenvalue weighted by atomic mass is 10.2. The van der Waals surface area contributed by atoms with Gasteiger partial charge in [-0.1, -0.05) is 13.8 Å². The number of nitrogens with one attached hydrogen (secondary N) is 1. The Morgan fingerprint density at radius 2 is 2.33 bits per heavy atom. The van der Waals surface area contributed by atoms with Gasteiger partial charge in [0.15, 0.2) is 0 Å². The summed E-state index contributed by atoms with van der Waals surface area (Å²) in [7, 11) is 0. The molecule has 2 atom stereocenters. The fourth-order valence-electron chi connectivity index (χ4n) is 1.73. The van der Waals surface area contributed by atoms with Crippen molar-refractivity contribution in [3.8, 4) is 0 Å². The predicted octanol–water partition coefficient (Wildman–Crippen LogP) is 0.321. The molecule has 0 spiro atoms. The molecular formula is C8H18N+. The Kier molecular flexibility index (Phi) is 2.52. The first-order valence-corrected chi connectivity index (χ1v) is 4.16. The van der Waals surface area contributed by atoms with Crippen LogP contribution in [-0.4, -0.2) is 19.6 Å². The molecule has 1 nitrogen and oxygen atoms in total. The molecule has 0 aromatic heterocycles. The van der Waals surface area contributed by atoms with Gasteiger partial charge in [0.2, 0.25) is 0 Å². The number of quaternary nitrogens is 1. The Morgan fingerprint density at radius 3 is 2.78 bits per heavy atom. The van der Waals surface area contributed by atoms with Crippen molar-refractivity contribution in [1.29, 1.82) is 0 Å². The van der Waals surface area contributed by atoms with Crippen LogP contribution in [0.15, 0.2) is 0 Å². The van der Waals surface area contributed by atoms with Crippen molar-refractivity contribution in [2.45, 2.75) is 26.7 Å².